The van der Waals surface area contributed by atoms with Crippen LogP contribution in [0.1, 0.15) is 96.5 Å². The van der Waals surface area contributed by atoms with Crippen LogP contribution in [0, 0.1) is 11.6 Å². The quantitative estimate of drug-likeness (QED) is 0.159. The van der Waals surface area contributed by atoms with Crippen molar-refractivity contribution >= 4 is 5.57 Å². The van der Waals surface area contributed by atoms with E-state index in [1.165, 1.54) is 51.4 Å². The van der Waals surface area contributed by atoms with E-state index < -0.39 is 11.6 Å². The Morgan fingerprint density at radius 2 is 1.22 bits per heavy atom. The number of rotatable bonds is 16. The lowest BCUT2D eigenvalue weighted by atomic mass is 9.84. The standard InChI is InChI=1S/C38H46F2O/c1-3-5-7-9-10-14-26-38(41-29-15-8-6-4-2)27-24-33(25-28-38)35-23-22-34(36(39)37(35)40)32-20-18-31(19-21-32)30-16-12-11-13-17-30/h11-13,16-25,27H,3-10,14-15,26,28-29H2,1-2H3. The summed E-state index contributed by atoms with van der Waals surface area (Å²) in [6.45, 7) is 5.20. The van der Waals surface area contributed by atoms with Crippen LogP contribution in [0.4, 0.5) is 8.78 Å². The van der Waals surface area contributed by atoms with Crippen LogP contribution in [0.5, 0.6) is 0 Å². The first-order chi connectivity index (χ1) is 20.1. The Kier molecular flexibility index (Phi) is 11.9. The average Bonchev–Trinajstić information content (AvgIpc) is 3.01. The topological polar surface area (TPSA) is 9.23 Å². The Morgan fingerprint density at radius 3 is 1.90 bits per heavy atom. The second-order valence-electron chi connectivity index (χ2n) is 11.4. The zero-order valence-corrected chi connectivity index (χ0v) is 24.9. The van der Waals surface area contributed by atoms with Gasteiger partial charge in [-0.2, -0.15) is 0 Å². The van der Waals surface area contributed by atoms with Crippen molar-refractivity contribution in [2.75, 3.05) is 6.61 Å². The van der Waals surface area contributed by atoms with E-state index in [4.69, 9.17) is 4.74 Å². The normalized spacial score (nSPS) is 16.6. The van der Waals surface area contributed by atoms with Gasteiger partial charge in [-0.25, -0.2) is 8.78 Å². The van der Waals surface area contributed by atoms with Crippen molar-refractivity contribution < 1.29 is 13.5 Å². The molecular weight excluding hydrogens is 510 g/mol. The maximum atomic E-state index is 15.5. The first-order valence-electron chi connectivity index (χ1n) is 15.7. The third-order valence-electron chi connectivity index (χ3n) is 8.27. The molecule has 0 bridgehead atoms. The third-order valence-corrected chi connectivity index (χ3v) is 8.27. The van der Waals surface area contributed by atoms with Gasteiger partial charge in [-0.3, -0.25) is 0 Å². The Bertz CT molecular complexity index is 1280. The van der Waals surface area contributed by atoms with E-state index in [1.807, 2.05) is 66.7 Å². The summed E-state index contributed by atoms with van der Waals surface area (Å²) in [6, 6.07) is 21.1. The van der Waals surface area contributed by atoms with Gasteiger partial charge in [-0.1, -0.05) is 157 Å². The largest absolute Gasteiger partial charge is 0.371 e. The molecule has 0 amide bonds. The van der Waals surface area contributed by atoms with Crippen LogP contribution in [0.2, 0.25) is 0 Å². The van der Waals surface area contributed by atoms with Crippen LogP contribution in [-0.2, 0) is 4.74 Å². The highest BCUT2D eigenvalue weighted by atomic mass is 19.2. The van der Waals surface area contributed by atoms with Gasteiger partial charge in [0.2, 0.25) is 0 Å². The Labute approximate surface area is 246 Å². The van der Waals surface area contributed by atoms with Crippen LogP contribution >= 0.6 is 0 Å². The van der Waals surface area contributed by atoms with Gasteiger partial charge in [0.05, 0.1) is 5.60 Å². The molecule has 0 spiro atoms. The predicted octanol–water partition coefficient (Wildman–Crippen LogP) is 11.7. The van der Waals surface area contributed by atoms with E-state index >= 15 is 8.78 Å². The summed E-state index contributed by atoms with van der Waals surface area (Å²) in [5.74, 6) is -1.60. The van der Waals surface area contributed by atoms with Crippen LogP contribution < -0.4 is 0 Å². The van der Waals surface area contributed by atoms with Gasteiger partial charge in [0, 0.05) is 17.7 Å². The van der Waals surface area contributed by atoms with Gasteiger partial charge in [-0.05, 0) is 41.5 Å². The highest BCUT2D eigenvalue weighted by Gasteiger charge is 2.30. The summed E-state index contributed by atoms with van der Waals surface area (Å²) in [5.41, 5.74) is 3.75. The highest BCUT2D eigenvalue weighted by molar-refractivity contribution is 5.78. The lowest BCUT2D eigenvalue weighted by molar-refractivity contribution is -0.0165. The van der Waals surface area contributed by atoms with Crippen molar-refractivity contribution in [1.29, 1.82) is 0 Å². The van der Waals surface area contributed by atoms with Crippen LogP contribution in [0.15, 0.2) is 85.0 Å². The van der Waals surface area contributed by atoms with Crippen molar-refractivity contribution in [3.63, 3.8) is 0 Å². The number of allylic oxidation sites excluding steroid dienone is 2. The van der Waals surface area contributed by atoms with Crippen molar-refractivity contribution in [2.45, 2.75) is 96.5 Å². The molecule has 1 nitrogen and oxygen atoms in total. The minimum Gasteiger partial charge on any atom is -0.371 e. The van der Waals surface area contributed by atoms with E-state index in [2.05, 4.69) is 19.9 Å². The number of unbranched alkanes of at least 4 members (excludes halogenated alkanes) is 8. The van der Waals surface area contributed by atoms with E-state index in [9.17, 15) is 0 Å². The van der Waals surface area contributed by atoms with Crippen molar-refractivity contribution in [2.24, 2.45) is 0 Å². The molecule has 0 N–H and O–H groups in total. The fourth-order valence-electron chi connectivity index (χ4n) is 5.70. The minimum absolute atomic E-state index is 0.277. The summed E-state index contributed by atoms with van der Waals surface area (Å²) in [6.07, 6.45) is 19.8. The van der Waals surface area contributed by atoms with E-state index in [0.717, 1.165) is 42.6 Å². The second kappa shape index (κ2) is 15.8. The molecule has 0 fully saturated rings. The molecule has 1 aliphatic carbocycles. The first kappa shape index (κ1) is 30.9. The van der Waals surface area contributed by atoms with Gasteiger partial charge in [-0.15, -0.1) is 0 Å². The zero-order chi connectivity index (χ0) is 28.9. The molecule has 0 heterocycles. The van der Waals surface area contributed by atoms with Crippen molar-refractivity contribution in [1.82, 2.24) is 0 Å². The zero-order valence-electron chi connectivity index (χ0n) is 24.9. The summed E-state index contributed by atoms with van der Waals surface area (Å²) in [4.78, 5) is 0. The summed E-state index contributed by atoms with van der Waals surface area (Å²) in [7, 11) is 0. The fraction of sp³-hybridized carbons (Fsp3) is 0.421. The molecule has 0 aromatic heterocycles. The highest BCUT2D eigenvalue weighted by Crippen LogP contribution is 2.37. The van der Waals surface area contributed by atoms with Crippen LogP contribution in [0.25, 0.3) is 27.8 Å². The molecule has 41 heavy (non-hydrogen) atoms. The number of benzene rings is 3. The third kappa shape index (κ3) is 8.49. The molecule has 1 atom stereocenters. The second-order valence-corrected chi connectivity index (χ2v) is 11.4. The van der Waals surface area contributed by atoms with Crippen molar-refractivity contribution in [3.8, 4) is 22.3 Å². The van der Waals surface area contributed by atoms with Crippen LogP contribution in [0.3, 0.4) is 0 Å². The molecule has 3 aromatic rings. The van der Waals surface area contributed by atoms with Crippen LogP contribution in [-0.4, -0.2) is 12.2 Å². The van der Waals surface area contributed by atoms with E-state index in [1.54, 1.807) is 12.1 Å². The maximum Gasteiger partial charge on any atom is 0.167 e. The van der Waals surface area contributed by atoms with Gasteiger partial charge in [0.1, 0.15) is 0 Å². The molecule has 218 valence electrons. The molecule has 0 aliphatic heterocycles. The van der Waals surface area contributed by atoms with Gasteiger partial charge >= 0.3 is 0 Å². The lowest BCUT2D eigenvalue weighted by Crippen LogP contribution is -2.31. The molecule has 0 radical (unpaired) electrons. The van der Waals surface area contributed by atoms with Gasteiger partial charge < -0.3 is 4.74 Å². The maximum absolute atomic E-state index is 15.5. The number of hydrogen-bond acceptors (Lipinski definition) is 1. The molecule has 3 heteroatoms. The van der Waals surface area contributed by atoms with Gasteiger partial charge in [0.25, 0.3) is 0 Å². The Hall–Kier alpha value is -3.04. The first-order valence-corrected chi connectivity index (χ1v) is 15.7. The predicted molar refractivity (Wildman–Crippen MR) is 170 cm³/mol. The fourth-order valence-corrected chi connectivity index (χ4v) is 5.70. The monoisotopic (exact) mass is 556 g/mol. The Morgan fingerprint density at radius 1 is 0.634 bits per heavy atom. The molecular formula is C38H46F2O. The molecule has 0 saturated heterocycles. The number of hydrogen-bond donors (Lipinski definition) is 0. The molecule has 4 rings (SSSR count). The molecule has 3 aromatic carbocycles. The summed E-state index contributed by atoms with van der Waals surface area (Å²) < 4.78 is 37.4. The molecule has 1 unspecified atom stereocenters. The van der Waals surface area contributed by atoms with Crippen molar-refractivity contribution in [3.05, 3.63) is 102 Å². The Balaban J connectivity index is 1.45. The number of halogens is 2. The van der Waals surface area contributed by atoms with E-state index in [0.29, 0.717) is 17.5 Å². The lowest BCUT2D eigenvalue weighted by Gasteiger charge is -2.33. The average molecular weight is 557 g/mol. The number of ether oxygens (including phenoxy) is 1. The molecule has 0 saturated carbocycles. The van der Waals surface area contributed by atoms with E-state index in [-0.39, 0.29) is 11.2 Å². The summed E-state index contributed by atoms with van der Waals surface area (Å²) >= 11 is 0. The molecule has 1 aliphatic rings. The minimum atomic E-state index is -0.805. The summed E-state index contributed by atoms with van der Waals surface area (Å²) in [5, 5.41) is 0. The smallest absolute Gasteiger partial charge is 0.167 e. The van der Waals surface area contributed by atoms with Gasteiger partial charge in [0.15, 0.2) is 11.6 Å². The SMILES string of the molecule is CCCCCCCCC1(OCCCCCC)C=CC(c2ccc(-c3ccc(-c4ccccc4)cc3)c(F)c2F)=CC1.